The molecule has 1 aliphatic heterocycles. The molecule has 0 radical (unpaired) electrons. The highest BCUT2D eigenvalue weighted by molar-refractivity contribution is 6.09. The third-order valence-electron chi connectivity index (χ3n) is 5.06. The van der Waals surface area contributed by atoms with Gasteiger partial charge in [0, 0.05) is 37.8 Å². The molecule has 1 amide bonds. The molecule has 172 valence electrons. The minimum atomic E-state index is -4.67. The molecule has 2 aromatic rings. The molecule has 1 aliphatic rings. The van der Waals surface area contributed by atoms with Crippen molar-refractivity contribution < 1.29 is 37.1 Å². The van der Waals surface area contributed by atoms with Gasteiger partial charge in [0.2, 0.25) is 0 Å². The molecule has 3 rings (SSSR count). The third kappa shape index (κ3) is 4.96. The van der Waals surface area contributed by atoms with Crippen molar-refractivity contribution in [1.82, 2.24) is 15.6 Å². The Morgan fingerprint density at radius 1 is 1.22 bits per heavy atom. The average molecular weight is 456 g/mol. The number of amides is 1. The first kappa shape index (κ1) is 23.4. The lowest BCUT2D eigenvalue weighted by Crippen LogP contribution is -2.46. The number of carboxylic acid groups (broad SMARTS) is 1. The molecule has 0 spiro atoms. The summed E-state index contributed by atoms with van der Waals surface area (Å²) in [6, 6.07) is 1.88. The first-order chi connectivity index (χ1) is 15.1. The number of alkyl halides is 4. The van der Waals surface area contributed by atoms with Gasteiger partial charge in [0.05, 0.1) is 28.8 Å². The molecule has 2 heterocycles. The van der Waals surface area contributed by atoms with Crippen LogP contribution in [0.4, 0.5) is 23.2 Å². The minimum absolute atomic E-state index is 0.0842. The second kappa shape index (κ2) is 9.47. The van der Waals surface area contributed by atoms with Gasteiger partial charge in [-0.25, -0.2) is 4.39 Å². The van der Waals surface area contributed by atoms with Gasteiger partial charge in [-0.05, 0) is 6.07 Å². The van der Waals surface area contributed by atoms with Gasteiger partial charge in [0.1, 0.15) is 12.7 Å². The van der Waals surface area contributed by atoms with E-state index in [2.05, 4.69) is 15.6 Å². The van der Waals surface area contributed by atoms with Crippen LogP contribution in [-0.4, -0.2) is 66.6 Å². The van der Waals surface area contributed by atoms with Gasteiger partial charge in [-0.2, -0.15) is 13.2 Å². The fraction of sp³-hybridized carbons (Fsp3) is 0.400. The van der Waals surface area contributed by atoms with Crippen molar-refractivity contribution in [2.45, 2.75) is 18.6 Å². The van der Waals surface area contributed by atoms with Crippen LogP contribution in [0.1, 0.15) is 22.3 Å². The predicted molar refractivity (Wildman–Crippen MR) is 106 cm³/mol. The highest BCUT2D eigenvalue weighted by atomic mass is 19.4. The highest BCUT2D eigenvalue weighted by Gasteiger charge is 2.35. The molecule has 1 aromatic carbocycles. The summed E-state index contributed by atoms with van der Waals surface area (Å²) in [5.41, 5.74) is -1.26. The van der Waals surface area contributed by atoms with Crippen molar-refractivity contribution >= 4 is 34.3 Å². The van der Waals surface area contributed by atoms with Crippen molar-refractivity contribution in [2.75, 3.05) is 37.8 Å². The lowest BCUT2D eigenvalue weighted by molar-refractivity contribution is -0.139. The minimum Gasteiger partial charge on any atom is -0.481 e. The quantitative estimate of drug-likeness (QED) is 0.545. The van der Waals surface area contributed by atoms with Crippen molar-refractivity contribution in [3.63, 3.8) is 0 Å². The van der Waals surface area contributed by atoms with Crippen molar-refractivity contribution in [1.29, 1.82) is 0 Å². The average Bonchev–Trinajstić information content (AvgIpc) is 2.76. The first-order valence-electron chi connectivity index (χ1n) is 9.69. The zero-order chi connectivity index (χ0) is 23.5. The summed E-state index contributed by atoms with van der Waals surface area (Å²) in [7, 11) is 0. The molecular formula is C20H20F4N4O4. The molecule has 3 N–H and O–H groups in total. The Morgan fingerprint density at radius 2 is 1.91 bits per heavy atom. The second-order valence-electron chi connectivity index (χ2n) is 7.18. The molecule has 0 aliphatic carbocycles. The zero-order valence-corrected chi connectivity index (χ0v) is 16.7. The standard InChI is InChI=1S/C20H20F4N4O4/c21-9-15(29)14(8-16(30)31)27-19(32)12-10-26-17-11(2-1-3-13(17)20(22,23)24)18(12)28-6-4-25-5-7-28/h1-3,10,14,25H,4-9H2,(H,27,32)(H,30,31). The topological polar surface area (TPSA) is 112 Å². The maximum Gasteiger partial charge on any atom is 0.418 e. The number of ketones is 1. The van der Waals surface area contributed by atoms with E-state index in [4.69, 9.17) is 5.11 Å². The Balaban J connectivity index is 2.12. The molecule has 1 saturated heterocycles. The molecule has 0 saturated carbocycles. The van der Waals surface area contributed by atoms with Crippen molar-refractivity contribution in [2.24, 2.45) is 0 Å². The number of hydrogen-bond acceptors (Lipinski definition) is 6. The van der Waals surface area contributed by atoms with Gasteiger partial charge in [-0.3, -0.25) is 19.4 Å². The number of piperazine rings is 1. The summed E-state index contributed by atoms with van der Waals surface area (Å²) in [6.45, 7) is 0.334. The summed E-state index contributed by atoms with van der Waals surface area (Å²) in [5.74, 6) is -3.48. The van der Waals surface area contributed by atoms with Crippen LogP contribution < -0.4 is 15.5 Å². The van der Waals surface area contributed by atoms with E-state index >= 15 is 0 Å². The first-order valence-corrected chi connectivity index (χ1v) is 9.69. The predicted octanol–water partition coefficient (Wildman–Crippen LogP) is 1.77. The number of carboxylic acids is 1. The fourth-order valence-electron chi connectivity index (χ4n) is 3.58. The second-order valence-corrected chi connectivity index (χ2v) is 7.18. The van der Waals surface area contributed by atoms with Gasteiger partial charge in [-0.15, -0.1) is 0 Å². The Labute approximate surface area is 179 Å². The number of pyridine rings is 1. The van der Waals surface area contributed by atoms with Gasteiger partial charge in [0.25, 0.3) is 5.91 Å². The normalized spacial score (nSPS) is 15.4. The fourth-order valence-corrected chi connectivity index (χ4v) is 3.58. The van der Waals surface area contributed by atoms with Gasteiger partial charge in [-0.1, -0.05) is 12.1 Å². The number of nitrogens with one attached hydrogen (secondary N) is 2. The Bertz CT molecular complexity index is 1040. The van der Waals surface area contributed by atoms with E-state index in [0.29, 0.717) is 26.2 Å². The summed E-state index contributed by atoms with van der Waals surface area (Å²) in [4.78, 5) is 41.3. The number of hydrogen-bond donors (Lipinski definition) is 3. The Hall–Kier alpha value is -3.28. The van der Waals surface area contributed by atoms with E-state index in [1.54, 1.807) is 4.90 Å². The zero-order valence-electron chi connectivity index (χ0n) is 16.7. The Kier molecular flexibility index (Phi) is 6.92. The number of Topliss-reactive ketones (excluding diaryl/α,β-unsaturated/α-hetero) is 1. The van der Waals surface area contributed by atoms with Crippen LogP contribution in [0.2, 0.25) is 0 Å². The summed E-state index contributed by atoms with van der Waals surface area (Å²) in [5, 5.41) is 14.3. The van der Waals surface area contributed by atoms with Crippen LogP contribution >= 0.6 is 0 Å². The van der Waals surface area contributed by atoms with Gasteiger partial charge >= 0.3 is 12.1 Å². The number of fused-ring (bicyclic) bond motifs is 1. The molecular weight excluding hydrogens is 436 g/mol. The number of aromatic nitrogens is 1. The highest BCUT2D eigenvalue weighted by Crippen LogP contribution is 2.38. The maximum atomic E-state index is 13.5. The van der Waals surface area contributed by atoms with E-state index in [-0.39, 0.29) is 22.2 Å². The van der Waals surface area contributed by atoms with Gasteiger partial charge in [0.15, 0.2) is 5.78 Å². The summed E-state index contributed by atoms with van der Waals surface area (Å²) >= 11 is 0. The smallest absolute Gasteiger partial charge is 0.418 e. The Morgan fingerprint density at radius 3 is 2.50 bits per heavy atom. The number of benzene rings is 1. The molecule has 8 nitrogen and oxygen atoms in total. The monoisotopic (exact) mass is 456 g/mol. The molecule has 12 heteroatoms. The van der Waals surface area contributed by atoms with Crippen molar-refractivity contribution in [3.8, 4) is 0 Å². The number of halogens is 4. The lowest BCUT2D eigenvalue weighted by Gasteiger charge is -2.32. The van der Waals surface area contributed by atoms with Crippen LogP contribution in [0.3, 0.4) is 0 Å². The number of carbonyl (C=O) groups is 3. The number of aliphatic carboxylic acids is 1. The number of carbonyl (C=O) groups excluding carboxylic acids is 2. The van der Waals surface area contributed by atoms with E-state index < -0.39 is 48.5 Å². The van der Waals surface area contributed by atoms with Gasteiger partial charge < -0.3 is 20.6 Å². The lowest BCUT2D eigenvalue weighted by atomic mass is 10.0. The summed E-state index contributed by atoms with van der Waals surface area (Å²) in [6.07, 6.45) is -4.55. The van der Waals surface area contributed by atoms with E-state index in [1.807, 2.05) is 0 Å². The molecule has 32 heavy (non-hydrogen) atoms. The number of anilines is 1. The molecule has 1 unspecified atom stereocenters. The van der Waals surface area contributed by atoms with Crippen LogP contribution in [0.15, 0.2) is 24.4 Å². The van der Waals surface area contributed by atoms with Crippen LogP contribution in [0, 0.1) is 0 Å². The number of para-hydroxylation sites is 1. The largest absolute Gasteiger partial charge is 0.481 e. The molecule has 0 bridgehead atoms. The van der Waals surface area contributed by atoms with E-state index in [9.17, 15) is 31.9 Å². The van der Waals surface area contributed by atoms with Crippen LogP contribution in [0.5, 0.6) is 0 Å². The van der Waals surface area contributed by atoms with E-state index in [1.165, 1.54) is 12.1 Å². The third-order valence-corrected chi connectivity index (χ3v) is 5.06. The summed E-state index contributed by atoms with van der Waals surface area (Å²) < 4.78 is 53.3. The molecule has 1 atom stereocenters. The molecule has 1 fully saturated rings. The SMILES string of the molecule is O=C(O)CC(NC(=O)c1cnc2c(C(F)(F)F)cccc2c1N1CCNCC1)C(=O)CF. The number of rotatable bonds is 7. The number of nitrogens with zero attached hydrogens (tertiary/aromatic N) is 2. The molecule has 1 aromatic heterocycles. The van der Waals surface area contributed by atoms with Crippen LogP contribution in [-0.2, 0) is 15.8 Å². The van der Waals surface area contributed by atoms with Crippen LogP contribution in [0.25, 0.3) is 10.9 Å². The van der Waals surface area contributed by atoms with Crippen molar-refractivity contribution in [3.05, 3.63) is 35.5 Å². The van der Waals surface area contributed by atoms with E-state index in [0.717, 1.165) is 12.3 Å². The maximum absolute atomic E-state index is 13.5.